The number of hydrogen-bond donors (Lipinski definition) is 0. The molecule has 3 rings (SSSR count). The van der Waals surface area contributed by atoms with Crippen LogP contribution in [0.15, 0.2) is 5.38 Å². The van der Waals surface area contributed by atoms with Gasteiger partial charge in [0.1, 0.15) is 0 Å². The average molecular weight is 251 g/mol. The zero-order valence-electron chi connectivity index (χ0n) is 10.2. The molecule has 2 saturated heterocycles. The molecular weight excluding hydrogens is 234 g/mol. The van der Waals surface area contributed by atoms with Crippen LogP contribution in [0.25, 0.3) is 0 Å². The van der Waals surface area contributed by atoms with Crippen LogP contribution in [0, 0.1) is 18.8 Å². The van der Waals surface area contributed by atoms with Gasteiger partial charge in [-0.3, -0.25) is 4.79 Å². The lowest BCUT2D eigenvalue weighted by Crippen LogP contribution is -2.31. The van der Waals surface area contributed by atoms with Crippen molar-refractivity contribution in [3.8, 4) is 0 Å². The summed E-state index contributed by atoms with van der Waals surface area (Å²) in [5.41, 5.74) is 1.04. The molecule has 1 amide bonds. The summed E-state index contributed by atoms with van der Waals surface area (Å²) >= 11 is 1.65. The lowest BCUT2D eigenvalue weighted by atomic mass is 10.0. The number of nitrogens with zero attached hydrogens (tertiary/aromatic N) is 3. The quantitative estimate of drug-likeness (QED) is 0.786. The van der Waals surface area contributed by atoms with E-state index in [1.807, 2.05) is 11.8 Å². The van der Waals surface area contributed by atoms with Crippen molar-refractivity contribution in [3.63, 3.8) is 0 Å². The largest absolute Gasteiger partial charge is 0.336 e. The van der Waals surface area contributed by atoms with Crippen LogP contribution in [-0.2, 0) is 11.3 Å². The maximum absolute atomic E-state index is 12.2. The Morgan fingerprint density at radius 2 is 2.29 bits per heavy atom. The van der Waals surface area contributed by atoms with E-state index in [4.69, 9.17) is 0 Å². The molecule has 0 aromatic carbocycles. The monoisotopic (exact) mass is 251 g/mol. The van der Waals surface area contributed by atoms with Crippen LogP contribution in [-0.4, -0.2) is 47.4 Å². The number of fused-ring (bicyclic) bond motifs is 1. The Balaban J connectivity index is 1.69. The molecule has 0 unspecified atom stereocenters. The van der Waals surface area contributed by atoms with E-state index in [9.17, 15) is 4.79 Å². The minimum absolute atomic E-state index is 0.236. The molecule has 0 aliphatic carbocycles. The molecule has 2 atom stereocenters. The highest BCUT2D eigenvalue weighted by molar-refractivity contribution is 7.09. The highest BCUT2D eigenvalue weighted by Gasteiger charge is 2.44. The highest BCUT2D eigenvalue weighted by atomic mass is 32.1. The number of carbonyl (C=O) groups is 1. The maximum atomic E-state index is 12.2. The molecule has 2 aliphatic rings. The Morgan fingerprint density at radius 1 is 1.47 bits per heavy atom. The predicted molar refractivity (Wildman–Crippen MR) is 66.7 cm³/mol. The summed E-state index contributed by atoms with van der Waals surface area (Å²) in [6.07, 6.45) is 0. The molecule has 2 aliphatic heterocycles. The summed E-state index contributed by atoms with van der Waals surface area (Å²) in [5, 5.41) is 3.13. The van der Waals surface area contributed by atoms with E-state index in [0.29, 0.717) is 18.4 Å². The van der Waals surface area contributed by atoms with Crippen molar-refractivity contribution in [2.24, 2.45) is 11.8 Å². The Labute approximate surface area is 105 Å². The third kappa shape index (κ3) is 1.98. The fourth-order valence-corrected chi connectivity index (χ4v) is 3.58. The molecule has 0 spiro atoms. The van der Waals surface area contributed by atoms with Gasteiger partial charge in [0, 0.05) is 30.9 Å². The molecule has 92 valence electrons. The first-order chi connectivity index (χ1) is 8.13. The van der Waals surface area contributed by atoms with Crippen molar-refractivity contribution < 1.29 is 4.79 Å². The van der Waals surface area contributed by atoms with Gasteiger partial charge in [0.05, 0.1) is 23.2 Å². The van der Waals surface area contributed by atoms with Gasteiger partial charge in [0.2, 0.25) is 5.91 Å². The number of hydrogen-bond acceptors (Lipinski definition) is 4. The van der Waals surface area contributed by atoms with Crippen LogP contribution in [0.1, 0.15) is 10.7 Å². The summed E-state index contributed by atoms with van der Waals surface area (Å²) in [4.78, 5) is 20.9. The third-order valence-electron chi connectivity index (χ3n) is 3.73. The Hall–Kier alpha value is -0.940. The first-order valence-corrected chi connectivity index (χ1v) is 6.90. The number of thiazole rings is 1. The van der Waals surface area contributed by atoms with Crippen LogP contribution in [0.5, 0.6) is 0 Å². The van der Waals surface area contributed by atoms with Crippen molar-refractivity contribution in [1.29, 1.82) is 0 Å². The average Bonchev–Trinajstić information content (AvgIpc) is 2.89. The molecule has 2 fully saturated rings. The third-order valence-corrected chi connectivity index (χ3v) is 4.55. The van der Waals surface area contributed by atoms with E-state index in [1.54, 1.807) is 11.3 Å². The first-order valence-electron chi connectivity index (χ1n) is 6.02. The number of rotatable bonds is 2. The smallest absolute Gasteiger partial charge is 0.227 e. The number of carbonyl (C=O) groups excluding carboxylic acids is 1. The molecule has 5 heteroatoms. The first kappa shape index (κ1) is 11.2. The van der Waals surface area contributed by atoms with Crippen molar-refractivity contribution in [1.82, 2.24) is 14.8 Å². The van der Waals surface area contributed by atoms with Crippen LogP contribution >= 0.6 is 11.3 Å². The van der Waals surface area contributed by atoms with E-state index >= 15 is 0 Å². The van der Waals surface area contributed by atoms with Gasteiger partial charge in [-0.15, -0.1) is 11.3 Å². The van der Waals surface area contributed by atoms with Gasteiger partial charge in [-0.25, -0.2) is 4.98 Å². The van der Waals surface area contributed by atoms with E-state index in [0.717, 1.165) is 30.3 Å². The van der Waals surface area contributed by atoms with Gasteiger partial charge in [-0.2, -0.15) is 0 Å². The van der Waals surface area contributed by atoms with E-state index in [-0.39, 0.29) is 5.92 Å². The molecule has 1 aromatic rings. The normalized spacial score (nSPS) is 29.1. The van der Waals surface area contributed by atoms with Gasteiger partial charge >= 0.3 is 0 Å². The topological polar surface area (TPSA) is 36.4 Å². The number of amides is 1. The molecule has 17 heavy (non-hydrogen) atoms. The van der Waals surface area contributed by atoms with Crippen LogP contribution in [0.4, 0.5) is 0 Å². The van der Waals surface area contributed by atoms with Crippen molar-refractivity contribution in [2.45, 2.75) is 13.5 Å². The Kier molecular flexibility index (Phi) is 2.67. The van der Waals surface area contributed by atoms with Crippen LogP contribution in [0.2, 0.25) is 0 Å². The summed E-state index contributed by atoms with van der Waals surface area (Å²) in [6.45, 7) is 5.59. The second-order valence-electron chi connectivity index (χ2n) is 5.16. The summed E-state index contributed by atoms with van der Waals surface area (Å²) in [5.74, 6) is 1.09. The second-order valence-corrected chi connectivity index (χ2v) is 6.23. The summed E-state index contributed by atoms with van der Waals surface area (Å²) < 4.78 is 0. The van der Waals surface area contributed by atoms with Gasteiger partial charge in [-0.1, -0.05) is 0 Å². The minimum Gasteiger partial charge on any atom is -0.336 e. The fourth-order valence-electron chi connectivity index (χ4n) is 2.98. The lowest BCUT2D eigenvalue weighted by Gasteiger charge is -2.18. The van der Waals surface area contributed by atoms with E-state index < -0.39 is 0 Å². The molecule has 1 aromatic heterocycles. The molecule has 0 saturated carbocycles. The molecule has 4 nitrogen and oxygen atoms in total. The van der Waals surface area contributed by atoms with Gasteiger partial charge < -0.3 is 9.80 Å². The number of likely N-dealkylation sites (tertiary alicyclic amines) is 2. The molecule has 0 N–H and O–H groups in total. The number of aromatic nitrogens is 1. The predicted octanol–water partition coefficient (Wildman–Crippen LogP) is 0.972. The maximum Gasteiger partial charge on any atom is 0.227 e. The summed E-state index contributed by atoms with van der Waals surface area (Å²) in [7, 11) is 2.10. The zero-order chi connectivity index (χ0) is 12.0. The van der Waals surface area contributed by atoms with Crippen LogP contribution in [0.3, 0.4) is 0 Å². The highest BCUT2D eigenvalue weighted by Crippen LogP contribution is 2.32. The van der Waals surface area contributed by atoms with E-state index in [2.05, 4.69) is 22.3 Å². The second kappa shape index (κ2) is 4.07. The summed E-state index contributed by atoms with van der Waals surface area (Å²) in [6, 6.07) is 0. The van der Waals surface area contributed by atoms with Gasteiger partial charge in [0.25, 0.3) is 0 Å². The standard InChI is InChI=1S/C12H17N3OS/c1-8-13-10(7-17-8)5-15-4-9-3-14(2)6-11(9)12(15)16/h7,9,11H,3-6H2,1-2H3/t9-,11-/m1/s1. The van der Waals surface area contributed by atoms with Gasteiger partial charge in [0.15, 0.2) is 0 Å². The van der Waals surface area contributed by atoms with Crippen molar-refractivity contribution in [2.75, 3.05) is 26.7 Å². The molecule has 3 heterocycles. The lowest BCUT2D eigenvalue weighted by molar-refractivity contribution is -0.131. The fraction of sp³-hybridized carbons (Fsp3) is 0.667. The van der Waals surface area contributed by atoms with E-state index in [1.165, 1.54) is 0 Å². The Bertz CT molecular complexity index is 445. The Morgan fingerprint density at radius 3 is 2.94 bits per heavy atom. The minimum atomic E-state index is 0.236. The molecule has 0 radical (unpaired) electrons. The zero-order valence-corrected chi connectivity index (χ0v) is 11.0. The molecule has 0 bridgehead atoms. The number of aryl methyl sites for hydroxylation is 1. The van der Waals surface area contributed by atoms with Crippen molar-refractivity contribution >= 4 is 17.2 Å². The SMILES string of the molecule is Cc1nc(CN2C[C@H]3CN(C)C[C@H]3C2=O)cs1. The van der Waals surface area contributed by atoms with Crippen LogP contribution < -0.4 is 0 Å². The molecular formula is C12H17N3OS. The van der Waals surface area contributed by atoms with Crippen molar-refractivity contribution in [3.05, 3.63) is 16.1 Å². The van der Waals surface area contributed by atoms with Gasteiger partial charge in [-0.05, 0) is 14.0 Å².